The predicted molar refractivity (Wildman–Crippen MR) is 77.2 cm³/mol. The predicted octanol–water partition coefficient (Wildman–Crippen LogP) is 2.51. The first-order chi connectivity index (χ1) is 9.45. The van der Waals surface area contributed by atoms with Gasteiger partial charge in [0.15, 0.2) is 0 Å². The Kier molecular flexibility index (Phi) is 6.54. The highest BCUT2D eigenvalue weighted by Crippen LogP contribution is 2.21. The van der Waals surface area contributed by atoms with Crippen LogP contribution < -0.4 is 0 Å². The molecule has 6 heteroatoms. The molecule has 0 bridgehead atoms. The van der Waals surface area contributed by atoms with Crippen molar-refractivity contribution < 1.29 is 9.31 Å². The van der Waals surface area contributed by atoms with Crippen molar-refractivity contribution in [1.29, 1.82) is 0 Å². The summed E-state index contributed by atoms with van der Waals surface area (Å²) < 4.78 is 14.0. The highest BCUT2D eigenvalue weighted by molar-refractivity contribution is 5.36. The molecule has 0 saturated carbocycles. The van der Waals surface area contributed by atoms with Gasteiger partial charge in [-0.3, -0.25) is 15.0 Å². The zero-order valence-corrected chi connectivity index (χ0v) is 12.3. The lowest BCUT2D eigenvalue weighted by molar-refractivity contribution is -0.387. The molecule has 1 rings (SSSR count). The summed E-state index contributed by atoms with van der Waals surface area (Å²) in [6, 6.07) is 4.34. The zero-order valence-electron chi connectivity index (χ0n) is 12.3. The molecule has 0 radical (unpaired) electrons. The maximum atomic E-state index is 14.0. The number of nitrogens with zero attached hydrogens (tertiary/aromatic N) is 3. The molecule has 0 saturated heterocycles. The molecule has 0 aliphatic carbocycles. The van der Waals surface area contributed by atoms with Gasteiger partial charge in [-0.1, -0.05) is 19.1 Å². The van der Waals surface area contributed by atoms with Crippen molar-refractivity contribution in [3.63, 3.8) is 0 Å². The minimum atomic E-state index is -0.719. The van der Waals surface area contributed by atoms with Crippen LogP contribution in [0.5, 0.6) is 0 Å². The molecule has 1 aromatic carbocycles. The highest BCUT2D eigenvalue weighted by atomic mass is 19.1. The summed E-state index contributed by atoms with van der Waals surface area (Å²) in [6.45, 7) is 5.00. The average Bonchev–Trinajstić information content (AvgIpc) is 2.38. The Morgan fingerprint density at radius 3 is 2.55 bits per heavy atom. The fourth-order valence-electron chi connectivity index (χ4n) is 2.03. The van der Waals surface area contributed by atoms with E-state index in [0.29, 0.717) is 12.1 Å². The van der Waals surface area contributed by atoms with Crippen LogP contribution in [0.4, 0.5) is 10.1 Å². The van der Waals surface area contributed by atoms with Gasteiger partial charge in [0.25, 0.3) is 0 Å². The molecular weight excluding hydrogens is 261 g/mol. The third-order valence-electron chi connectivity index (χ3n) is 3.18. The van der Waals surface area contributed by atoms with Gasteiger partial charge in [0.1, 0.15) is 0 Å². The van der Waals surface area contributed by atoms with Crippen LogP contribution in [0, 0.1) is 15.9 Å². The second-order valence-electron chi connectivity index (χ2n) is 5.03. The molecule has 0 N–H and O–H groups in total. The van der Waals surface area contributed by atoms with Gasteiger partial charge in [-0.05, 0) is 40.2 Å². The number of hydrogen-bond donors (Lipinski definition) is 0. The second kappa shape index (κ2) is 7.91. The van der Waals surface area contributed by atoms with E-state index in [1.54, 1.807) is 6.07 Å². The summed E-state index contributed by atoms with van der Waals surface area (Å²) in [5, 5.41) is 10.7. The Balaban J connectivity index is 2.70. The van der Waals surface area contributed by atoms with Crippen molar-refractivity contribution in [2.45, 2.75) is 19.9 Å². The number of hydrogen-bond acceptors (Lipinski definition) is 4. The molecule has 0 atom stereocenters. The Hall–Kier alpha value is -1.53. The lowest BCUT2D eigenvalue weighted by atomic mass is 10.1. The van der Waals surface area contributed by atoms with E-state index in [9.17, 15) is 14.5 Å². The number of rotatable bonds is 8. The van der Waals surface area contributed by atoms with Gasteiger partial charge in [0.05, 0.1) is 4.92 Å². The van der Waals surface area contributed by atoms with E-state index >= 15 is 0 Å². The number of halogens is 1. The molecule has 1 aromatic rings. The zero-order chi connectivity index (χ0) is 15.1. The van der Waals surface area contributed by atoms with E-state index in [-0.39, 0.29) is 0 Å². The van der Waals surface area contributed by atoms with Gasteiger partial charge >= 0.3 is 5.69 Å². The van der Waals surface area contributed by atoms with E-state index in [1.165, 1.54) is 12.1 Å². The summed E-state index contributed by atoms with van der Waals surface area (Å²) in [5.74, 6) is -0.719. The van der Waals surface area contributed by atoms with Crippen LogP contribution in [0.25, 0.3) is 0 Å². The monoisotopic (exact) mass is 283 g/mol. The lowest BCUT2D eigenvalue weighted by Crippen LogP contribution is -2.27. The van der Waals surface area contributed by atoms with Crippen LogP contribution in [0.15, 0.2) is 18.2 Å². The van der Waals surface area contributed by atoms with E-state index in [1.807, 2.05) is 21.0 Å². The molecule has 20 heavy (non-hydrogen) atoms. The quantitative estimate of drug-likeness (QED) is 0.543. The van der Waals surface area contributed by atoms with Crippen molar-refractivity contribution in [3.05, 3.63) is 39.7 Å². The fraction of sp³-hybridized carbons (Fsp3) is 0.571. The normalized spacial score (nSPS) is 11.3. The van der Waals surface area contributed by atoms with Crippen molar-refractivity contribution >= 4 is 5.69 Å². The van der Waals surface area contributed by atoms with Gasteiger partial charge in [0, 0.05) is 18.2 Å². The van der Waals surface area contributed by atoms with Crippen molar-refractivity contribution in [2.24, 2.45) is 0 Å². The van der Waals surface area contributed by atoms with Crippen molar-refractivity contribution in [2.75, 3.05) is 33.7 Å². The van der Waals surface area contributed by atoms with Gasteiger partial charge in [-0.25, -0.2) is 0 Å². The van der Waals surface area contributed by atoms with Crippen LogP contribution in [-0.4, -0.2) is 48.5 Å². The number of benzene rings is 1. The van der Waals surface area contributed by atoms with Crippen LogP contribution in [0.3, 0.4) is 0 Å². The fourth-order valence-corrected chi connectivity index (χ4v) is 2.03. The first kappa shape index (κ1) is 16.5. The number of nitro benzene ring substituents is 1. The van der Waals surface area contributed by atoms with Crippen LogP contribution >= 0.6 is 0 Å². The number of nitro groups is 1. The Morgan fingerprint density at radius 2 is 2.00 bits per heavy atom. The first-order valence-corrected chi connectivity index (χ1v) is 6.74. The Bertz CT molecular complexity index is 452. The molecular formula is C14H22FN3O2. The van der Waals surface area contributed by atoms with Gasteiger partial charge in [-0.15, -0.1) is 0 Å². The maximum absolute atomic E-state index is 14.0. The van der Waals surface area contributed by atoms with Crippen LogP contribution in [-0.2, 0) is 6.54 Å². The average molecular weight is 283 g/mol. The van der Waals surface area contributed by atoms with E-state index in [2.05, 4.69) is 9.80 Å². The standard InChI is InChI=1S/C14H22FN3O2/c1-4-17(10-6-9-16(2)3)11-12-7-5-8-13(14(12)15)18(19)20/h5,7-8H,4,6,9-11H2,1-3H3. The van der Waals surface area contributed by atoms with Gasteiger partial charge < -0.3 is 4.90 Å². The minimum Gasteiger partial charge on any atom is -0.309 e. The summed E-state index contributed by atoms with van der Waals surface area (Å²) >= 11 is 0. The molecule has 0 amide bonds. The molecule has 0 aliphatic heterocycles. The highest BCUT2D eigenvalue weighted by Gasteiger charge is 2.18. The summed E-state index contributed by atoms with van der Waals surface area (Å²) in [4.78, 5) is 14.2. The summed E-state index contributed by atoms with van der Waals surface area (Å²) in [6.07, 6.45) is 0.984. The summed E-state index contributed by atoms with van der Waals surface area (Å²) in [5.41, 5.74) is -0.0715. The molecule has 0 aromatic heterocycles. The first-order valence-electron chi connectivity index (χ1n) is 6.74. The maximum Gasteiger partial charge on any atom is 0.305 e. The van der Waals surface area contributed by atoms with Gasteiger partial charge in [0.2, 0.25) is 5.82 Å². The molecule has 112 valence electrons. The topological polar surface area (TPSA) is 49.6 Å². The molecule has 5 nitrogen and oxygen atoms in total. The molecule has 0 fully saturated rings. The van der Waals surface area contributed by atoms with Crippen molar-refractivity contribution in [3.8, 4) is 0 Å². The second-order valence-corrected chi connectivity index (χ2v) is 5.03. The summed E-state index contributed by atoms with van der Waals surface area (Å²) in [7, 11) is 4.02. The minimum absolute atomic E-state index is 0.380. The van der Waals surface area contributed by atoms with Crippen LogP contribution in [0.1, 0.15) is 18.9 Å². The third-order valence-corrected chi connectivity index (χ3v) is 3.18. The third kappa shape index (κ3) is 4.86. The van der Waals surface area contributed by atoms with Gasteiger partial charge in [-0.2, -0.15) is 4.39 Å². The molecule has 0 unspecified atom stereocenters. The van der Waals surface area contributed by atoms with E-state index in [0.717, 1.165) is 26.1 Å². The molecule has 0 spiro atoms. The molecule has 0 aliphatic rings. The Labute approximate surface area is 119 Å². The lowest BCUT2D eigenvalue weighted by Gasteiger charge is -2.21. The van der Waals surface area contributed by atoms with Crippen molar-refractivity contribution in [1.82, 2.24) is 9.80 Å². The smallest absolute Gasteiger partial charge is 0.305 e. The van der Waals surface area contributed by atoms with Crippen LogP contribution in [0.2, 0.25) is 0 Å². The Morgan fingerprint density at radius 1 is 1.30 bits per heavy atom. The largest absolute Gasteiger partial charge is 0.309 e. The SMILES string of the molecule is CCN(CCCN(C)C)Cc1cccc([N+](=O)[O-])c1F. The van der Waals surface area contributed by atoms with E-state index in [4.69, 9.17) is 0 Å². The molecule has 0 heterocycles. The van der Waals surface area contributed by atoms with E-state index < -0.39 is 16.4 Å².